The van der Waals surface area contributed by atoms with Crippen LogP contribution in [0, 0.1) is 0 Å². The largest absolute Gasteiger partial charge is 0.387 e. The predicted molar refractivity (Wildman–Crippen MR) is 129 cm³/mol. The average Bonchev–Trinajstić information content (AvgIpc) is 3.48. The number of imidazole rings is 1. The molecule has 1 saturated heterocycles. The van der Waals surface area contributed by atoms with Crippen LogP contribution in [0.2, 0.25) is 5.28 Å². The van der Waals surface area contributed by atoms with Crippen molar-refractivity contribution in [3.8, 4) is 0 Å². The van der Waals surface area contributed by atoms with Gasteiger partial charge in [-0.3, -0.25) is 9.13 Å². The van der Waals surface area contributed by atoms with Gasteiger partial charge in [0.05, 0.1) is 24.5 Å². The zero-order chi connectivity index (χ0) is 26.5. The van der Waals surface area contributed by atoms with Gasteiger partial charge in [-0.05, 0) is 35.6 Å². The van der Waals surface area contributed by atoms with E-state index in [-0.39, 0.29) is 17.0 Å². The lowest BCUT2D eigenvalue weighted by Crippen LogP contribution is -2.33. The molecule has 2 aliphatic rings. The van der Waals surface area contributed by atoms with Crippen LogP contribution >= 0.6 is 26.8 Å². The number of anilines is 1. The normalized spacial score (nSPS) is 27.4. The van der Waals surface area contributed by atoms with Gasteiger partial charge in [0.25, 0.3) is 0 Å². The molecule has 1 aliphatic carbocycles. The van der Waals surface area contributed by atoms with Crippen LogP contribution in [0.4, 0.5) is 5.82 Å². The van der Waals surface area contributed by atoms with Gasteiger partial charge in [0.1, 0.15) is 24.4 Å². The Morgan fingerprint density at radius 1 is 1.19 bits per heavy atom. The molecule has 37 heavy (non-hydrogen) atoms. The van der Waals surface area contributed by atoms with Crippen molar-refractivity contribution in [3.63, 3.8) is 0 Å². The number of aromatic nitrogens is 4. The van der Waals surface area contributed by atoms with Crippen LogP contribution in [0.15, 0.2) is 30.5 Å². The quantitative estimate of drug-likeness (QED) is 0.210. The zero-order valence-electron chi connectivity index (χ0n) is 19.0. The molecule has 200 valence electrons. The summed E-state index contributed by atoms with van der Waals surface area (Å²) in [7, 11) is -9.51. The summed E-state index contributed by atoms with van der Waals surface area (Å²) in [5.41, 5.74) is 2.90. The molecule has 0 bridgehead atoms. The van der Waals surface area contributed by atoms with Gasteiger partial charge >= 0.3 is 15.2 Å². The summed E-state index contributed by atoms with van der Waals surface area (Å²) < 4.78 is 34.7. The fraction of sp³-hybridized carbons (Fsp3) is 0.450. The van der Waals surface area contributed by atoms with E-state index in [2.05, 4.69) is 26.4 Å². The van der Waals surface area contributed by atoms with Gasteiger partial charge in [-0.15, -0.1) is 5.10 Å². The third-order valence-electron chi connectivity index (χ3n) is 6.26. The Kier molecular flexibility index (Phi) is 7.18. The van der Waals surface area contributed by atoms with E-state index in [1.807, 2.05) is 18.2 Å². The molecule has 6 N–H and O–H groups in total. The molecule has 2 aromatic heterocycles. The molecule has 1 aliphatic heterocycles. The fourth-order valence-corrected chi connectivity index (χ4v) is 7.36. The van der Waals surface area contributed by atoms with Crippen LogP contribution in [0.3, 0.4) is 0 Å². The van der Waals surface area contributed by atoms with Crippen molar-refractivity contribution in [1.82, 2.24) is 19.6 Å². The Morgan fingerprint density at radius 3 is 2.70 bits per heavy atom. The van der Waals surface area contributed by atoms with E-state index >= 15 is 0 Å². The molecule has 3 heterocycles. The lowest BCUT2D eigenvalue weighted by Gasteiger charge is -2.18. The van der Waals surface area contributed by atoms with Gasteiger partial charge < -0.3 is 39.5 Å². The second kappa shape index (κ2) is 9.97. The lowest BCUT2D eigenvalue weighted by atomic mass is 10.1. The monoisotopic (exact) mass is 575 g/mol. The Morgan fingerprint density at radius 2 is 1.95 bits per heavy atom. The van der Waals surface area contributed by atoms with Crippen LogP contribution < -0.4 is 5.32 Å². The smallest absolute Gasteiger partial charge is 0.340 e. The molecule has 0 saturated carbocycles. The van der Waals surface area contributed by atoms with Crippen molar-refractivity contribution in [1.29, 1.82) is 0 Å². The van der Waals surface area contributed by atoms with Crippen LogP contribution in [0.1, 0.15) is 35.4 Å². The number of nitrogens with one attached hydrogen (secondary N) is 1. The summed E-state index contributed by atoms with van der Waals surface area (Å²) in [5, 5.41) is 28.5. The van der Waals surface area contributed by atoms with Gasteiger partial charge in [0, 0.05) is 0 Å². The van der Waals surface area contributed by atoms with Crippen molar-refractivity contribution in [3.05, 3.63) is 52.6 Å². The highest BCUT2D eigenvalue weighted by Gasteiger charge is 2.46. The number of hydrogen-bond acceptors (Lipinski definition) is 10. The first-order chi connectivity index (χ1) is 17.4. The van der Waals surface area contributed by atoms with Crippen molar-refractivity contribution < 1.29 is 43.3 Å². The molecule has 17 heteroatoms. The van der Waals surface area contributed by atoms with Gasteiger partial charge in [-0.1, -0.05) is 24.3 Å². The first-order valence-electron chi connectivity index (χ1n) is 11.2. The summed E-state index contributed by atoms with van der Waals surface area (Å²) >= 11 is 6.19. The fourth-order valence-electron chi connectivity index (χ4n) is 4.63. The van der Waals surface area contributed by atoms with Gasteiger partial charge in [-0.25, -0.2) is 9.50 Å². The van der Waals surface area contributed by atoms with Crippen molar-refractivity contribution in [2.24, 2.45) is 0 Å². The Hall–Kier alpha value is -1.96. The number of nitrogens with zero attached hydrogens (tertiary/aromatic N) is 4. The summed E-state index contributed by atoms with van der Waals surface area (Å²) in [4.78, 5) is 36.2. The Bertz CT molecular complexity index is 1420. The second-order valence-corrected chi connectivity index (χ2v) is 13.2. The minimum Gasteiger partial charge on any atom is -0.387 e. The number of benzene rings is 1. The average molecular weight is 576 g/mol. The van der Waals surface area contributed by atoms with Gasteiger partial charge in [-0.2, -0.15) is 4.98 Å². The number of aliphatic hydroxyl groups is 2. The highest BCUT2D eigenvalue weighted by atomic mass is 35.5. The summed E-state index contributed by atoms with van der Waals surface area (Å²) in [5.74, 6) is -1.03. The molecular weight excluding hydrogens is 552 g/mol. The molecule has 6 atom stereocenters. The lowest BCUT2D eigenvalue weighted by molar-refractivity contribution is -0.0204. The maximum Gasteiger partial charge on any atom is 0.340 e. The maximum atomic E-state index is 11.9. The molecule has 1 aromatic carbocycles. The molecule has 2 unspecified atom stereocenters. The van der Waals surface area contributed by atoms with E-state index in [1.54, 1.807) is 0 Å². The number of hydrogen-bond donors (Lipinski definition) is 6. The summed E-state index contributed by atoms with van der Waals surface area (Å²) in [6.07, 6.45) is -2.38. The van der Waals surface area contributed by atoms with Crippen molar-refractivity contribution in [2.75, 3.05) is 17.8 Å². The Labute approximate surface area is 214 Å². The van der Waals surface area contributed by atoms with E-state index in [0.29, 0.717) is 11.5 Å². The van der Waals surface area contributed by atoms with Gasteiger partial charge in [0.2, 0.25) is 5.28 Å². The second-order valence-electron chi connectivity index (χ2n) is 8.90. The van der Waals surface area contributed by atoms with E-state index in [9.17, 15) is 24.2 Å². The Balaban J connectivity index is 1.37. The SMILES string of the molecule is O=P(O)(O)CP(=O)(O)OC[C@H]1O[C@@H](c2cnc3c(NC4CCc5ccccc54)nc(Cl)nn23)[C@H](O)[C@@H]1O. The third-order valence-corrected chi connectivity index (χ3v) is 9.88. The predicted octanol–water partition coefficient (Wildman–Crippen LogP) is 1.38. The number of rotatable bonds is 8. The highest BCUT2D eigenvalue weighted by molar-refractivity contribution is 7.70. The van der Waals surface area contributed by atoms with Crippen molar-refractivity contribution in [2.45, 2.75) is 43.3 Å². The number of aliphatic hydroxyl groups excluding tert-OH is 2. The summed E-state index contributed by atoms with van der Waals surface area (Å²) in [6, 6.07) is 8.03. The maximum absolute atomic E-state index is 11.9. The van der Waals surface area contributed by atoms with Crippen LogP contribution in [-0.4, -0.2) is 75.3 Å². The standard InChI is InChI=1S/C20H24ClN5O9P2/c21-20-24-18(23-12-6-5-10-3-1-2-4-11(10)12)19-22-7-13(26(19)25-20)17-16(28)15(27)14(35-17)8-34-37(32,33)9-36(29,30)31/h1-4,7,12,14-17,27-28H,5-6,8-9H2,(H,32,33)(H,23,24,25)(H2,29,30,31)/t12?,14-,15-,16-,17+/m1/s1. The van der Waals surface area contributed by atoms with E-state index in [0.717, 1.165) is 18.4 Å². The first-order valence-corrected chi connectivity index (χ1v) is 15.1. The van der Waals surface area contributed by atoms with Crippen LogP contribution in [-0.2, 0) is 24.8 Å². The molecule has 1 fully saturated rings. The van der Waals surface area contributed by atoms with Crippen molar-refractivity contribution >= 4 is 38.3 Å². The van der Waals surface area contributed by atoms with Crippen LogP contribution in [0.5, 0.6) is 0 Å². The minimum atomic E-state index is -4.83. The van der Waals surface area contributed by atoms with Crippen LogP contribution in [0.25, 0.3) is 5.65 Å². The first kappa shape index (κ1) is 26.6. The minimum absolute atomic E-state index is 0.0230. The summed E-state index contributed by atoms with van der Waals surface area (Å²) in [6.45, 7) is -0.705. The third kappa shape index (κ3) is 5.59. The number of ether oxygens (including phenoxy) is 1. The van der Waals surface area contributed by atoms with Gasteiger partial charge in [0.15, 0.2) is 17.4 Å². The molecule has 0 amide bonds. The van der Waals surface area contributed by atoms with E-state index in [4.69, 9.17) is 30.6 Å². The molecule has 3 aromatic rings. The van der Waals surface area contributed by atoms with E-state index < -0.39 is 52.1 Å². The number of aryl methyl sites for hydroxylation is 1. The molecule has 0 spiro atoms. The topological polar surface area (TPSA) is 209 Å². The highest BCUT2D eigenvalue weighted by Crippen LogP contribution is 2.55. The molecule has 5 rings (SSSR count). The molecule has 0 radical (unpaired) electrons. The number of halogens is 1. The number of fused-ring (bicyclic) bond motifs is 2. The molecular formula is C20H24ClN5O9P2. The zero-order valence-corrected chi connectivity index (χ0v) is 21.6. The van der Waals surface area contributed by atoms with E-state index in [1.165, 1.54) is 16.3 Å². The molecule has 14 nitrogen and oxygen atoms in total.